The van der Waals surface area contributed by atoms with E-state index in [9.17, 15) is 26.4 Å². The van der Waals surface area contributed by atoms with Gasteiger partial charge in [0.15, 0.2) is 0 Å². The standard InChI is InChI=1S/C17H18ClF3N4O3S/c1-11-13(10-22-23(11)2)16(26)24-5-7-25(8-6-24)29(27,28)12-3-4-15(18)14(9-12)17(19,20)21/h3-4,9-10H,5-8H2,1-2H3. The molecule has 2 heterocycles. The zero-order chi connectivity index (χ0) is 21.6. The Morgan fingerprint density at radius 2 is 1.79 bits per heavy atom. The topological polar surface area (TPSA) is 75.5 Å². The monoisotopic (exact) mass is 450 g/mol. The van der Waals surface area contributed by atoms with Crippen LogP contribution >= 0.6 is 11.6 Å². The maximum atomic E-state index is 13.1. The highest BCUT2D eigenvalue weighted by molar-refractivity contribution is 7.89. The first-order chi connectivity index (χ1) is 13.4. The van der Waals surface area contributed by atoms with Crippen LogP contribution in [0.15, 0.2) is 29.3 Å². The molecule has 1 saturated heterocycles. The fraction of sp³-hybridized carbons (Fsp3) is 0.412. The number of sulfonamides is 1. The van der Waals surface area contributed by atoms with E-state index in [1.807, 2.05) is 0 Å². The second-order valence-corrected chi connectivity index (χ2v) is 8.95. The average Bonchev–Trinajstić information content (AvgIpc) is 2.99. The molecule has 3 rings (SSSR count). The van der Waals surface area contributed by atoms with Crippen molar-refractivity contribution < 1.29 is 26.4 Å². The summed E-state index contributed by atoms with van der Waals surface area (Å²) in [6.07, 6.45) is -3.32. The third-order valence-corrected chi connectivity index (χ3v) is 7.10. The van der Waals surface area contributed by atoms with E-state index >= 15 is 0 Å². The Morgan fingerprint density at radius 1 is 1.17 bits per heavy atom. The molecular formula is C17H18ClF3N4O3S. The van der Waals surface area contributed by atoms with Crippen LogP contribution in [0.25, 0.3) is 0 Å². The molecule has 1 aliphatic heterocycles. The summed E-state index contributed by atoms with van der Waals surface area (Å²) in [5.41, 5.74) is -0.0941. The van der Waals surface area contributed by atoms with Crippen molar-refractivity contribution >= 4 is 27.5 Å². The second-order valence-electron chi connectivity index (χ2n) is 6.60. The van der Waals surface area contributed by atoms with Crippen molar-refractivity contribution in [3.63, 3.8) is 0 Å². The fourth-order valence-electron chi connectivity index (χ4n) is 3.04. The van der Waals surface area contributed by atoms with Crippen molar-refractivity contribution in [1.29, 1.82) is 0 Å². The maximum absolute atomic E-state index is 13.1. The number of rotatable bonds is 3. The number of carbonyl (C=O) groups is 1. The van der Waals surface area contributed by atoms with E-state index in [0.717, 1.165) is 16.4 Å². The number of hydrogen-bond donors (Lipinski definition) is 0. The summed E-state index contributed by atoms with van der Waals surface area (Å²) >= 11 is 5.56. The Kier molecular flexibility index (Phi) is 5.67. The molecule has 0 unspecified atom stereocenters. The number of piperazine rings is 1. The number of aromatic nitrogens is 2. The largest absolute Gasteiger partial charge is 0.417 e. The minimum absolute atomic E-state index is 0.0304. The molecule has 0 bridgehead atoms. The van der Waals surface area contributed by atoms with E-state index in [4.69, 9.17) is 11.6 Å². The van der Waals surface area contributed by atoms with Crippen LogP contribution in [0.4, 0.5) is 13.2 Å². The predicted octanol–water partition coefficient (Wildman–Crippen LogP) is 2.55. The summed E-state index contributed by atoms with van der Waals surface area (Å²) < 4.78 is 67.3. The number of amides is 1. The molecule has 0 saturated carbocycles. The molecule has 0 aliphatic carbocycles. The smallest absolute Gasteiger partial charge is 0.336 e. The first kappa shape index (κ1) is 21.6. The summed E-state index contributed by atoms with van der Waals surface area (Å²) in [5.74, 6) is -0.265. The zero-order valence-corrected chi connectivity index (χ0v) is 17.1. The van der Waals surface area contributed by atoms with Gasteiger partial charge < -0.3 is 4.90 Å². The summed E-state index contributed by atoms with van der Waals surface area (Å²) in [7, 11) is -2.45. The number of hydrogen-bond acceptors (Lipinski definition) is 4. The van der Waals surface area contributed by atoms with Gasteiger partial charge in [0.05, 0.1) is 27.2 Å². The number of nitrogens with zero attached hydrogens (tertiary/aromatic N) is 4. The highest BCUT2D eigenvalue weighted by Gasteiger charge is 2.36. The van der Waals surface area contributed by atoms with E-state index in [2.05, 4.69) is 5.10 Å². The quantitative estimate of drug-likeness (QED) is 0.720. The van der Waals surface area contributed by atoms with Crippen LogP contribution in [-0.2, 0) is 23.2 Å². The first-order valence-electron chi connectivity index (χ1n) is 8.57. The van der Waals surface area contributed by atoms with Gasteiger partial charge in [-0.3, -0.25) is 9.48 Å². The van der Waals surface area contributed by atoms with Crippen molar-refractivity contribution in [2.75, 3.05) is 26.2 Å². The Labute approximate surface area is 170 Å². The average molecular weight is 451 g/mol. The van der Waals surface area contributed by atoms with Gasteiger partial charge in [-0.1, -0.05) is 11.6 Å². The number of benzene rings is 1. The van der Waals surface area contributed by atoms with Gasteiger partial charge in [-0.25, -0.2) is 8.42 Å². The molecule has 1 fully saturated rings. The van der Waals surface area contributed by atoms with Crippen molar-refractivity contribution in [2.45, 2.75) is 18.0 Å². The molecule has 1 aromatic carbocycles. The molecular weight excluding hydrogens is 433 g/mol. The van der Waals surface area contributed by atoms with Crippen molar-refractivity contribution in [1.82, 2.24) is 19.0 Å². The predicted molar refractivity (Wildman–Crippen MR) is 99.1 cm³/mol. The van der Waals surface area contributed by atoms with Crippen molar-refractivity contribution in [2.24, 2.45) is 7.05 Å². The van der Waals surface area contributed by atoms with E-state index in [-0.39, 0.29) is 32.1 Å². The third kappa shape index (κ3) is 4.12. The zero-order valence-electron chi connectivity index (χ0n) is 15.6. The van der Waals surface area contributed by atoms with E-state index in [1.54, 1.807) is 18.7 Å². The van der Waals surface area contributed by atoms with Gasteiger partial charge in [0, 0.05) is 38.9 Å². The molecule has 29 heavy (non-hydrogen) atoms. The summed E-state index contributed by atoms with van der Waals surface area (Å²) in [6, 6.07) is 2.50. The van der Waals surface area contributed by atoms with Crippen LogP contribution < -0.4 is 0 Å². The second kappa shape index (κ2) is 7.62. The van der Waals surface area contributed by atoms with Gasteiger partial charge in [-0.05, 0) is 25.1 Å². The van der Waals surface area contributed by atoms with Crippen LogP contribution in [0.1, 0.15) is 21.6 Å². The van der Waals surface area contributed by atoms with E-state index in [1.165, 1.54) is 11.1 Å². The molecule has 1 aromatic heterocycles. The Bertz CT molecular complexity index is 1040. The lowest BCUT2D eigenvalue weighted by atomic mass is 10.2. The molecule has 12 heteroatoms. The lowest BCUT2D eigenvalue weighted by molar-refractivity contribution is -0.137. The van der Waals surface area contributed by atoms with Gasteiger partial charge in [-0.2, -0.15) is 22.6 Å². The van der Waals surface area contributed by atoms with E-state index in [0.29, 0.717) is 17.3 Å². The third-order valence-electron chi connectivity index (χ3n) is 4.87. The molecule has 2 aromatic rings. The summed E-state index contributed by atoms with van der Waals surface area (Å²) in [6.45, 7) is 1.92. The highest BCUT2D eigenvalue weighted by atomic mass is 35.5. The molecule has 0 spiro atoms. The summed E-state index contributed by atoms with van der Waals surface area (Å²) in [5, 5.41) is 3.45. The molecule has 0 radical (unpaired) electrons. The molecule has 1 amide bonds. The minimum Gasteiger partial charge on any atom is -0.336 e. The lowest BCUT2D eigenvalue weighted by Gasteiger charge is -2.34. The first-order valence-corrected chi connectivity index (χ1v) is 10.4. The van der Waals surface area contributed by atoms with Crippen LogP contribution in [0.5, 0.6) is 0 Å². The highest BCUT2D eigenvalue weighted by Crippen LogP contribution is 2.36. The SMILES string of the molecule is Cc1c(C(=O)N2CCN(S(=O)(=O)c3ccc(Cl)c(C(F)(F)F)c3)CC2)cnn1C. The molecule has 7 nitrogen and oxygen atoms in total. The number of aryl methyl sites for hydroxylation is 1. The van der Waals surface area contributed by atoms with Gasteiger partial charge in [0.2, 0.25) is 10.0 Å². The molecule has 1 aliphatic rings. The number of halogens is 4. The number of alkyl halides is 3. The fourth-order valence-corrected chi connectivity index (χ4v) is 4.72. The van der Waals surface area contributed by atoms with Crippen molar-refractivity contribution in [3.05, 3.63) is 46.2 Å². The van der Waals surface area contributed by atoms with E-state index < -0.39 is 31.7 Å². The van der Waals surface area contributed by atoms with Gasteiger partial charge in [0.1, 0.15) is 0 Å². The lowest BCUT2D eigenvalue weighted by Crippen LogP contribution is -2.50. The van der Waals surface area contributed by atoms with Gasteiger partial charge in [-0.15, -0.1) is 0 Å². The Balaban J connectivity index is 1.77. The van der Waals surface area contributed by atoms with Gasteiger partial charge >= 0.3 is 6.18 Å². The molecule has 158 valence electrons. The maximum Gasteiger partial charge on any atom is 0.417 e. The van der Waals surface area contributed by atoms with Crippen LogP contribution in [0.3, 0.4) is 0 Å². The summed E-state index contributed by atoms with van der Waals surface area (Å²) in [4.78, 5) is 13.6. The van der Waals surface area contributed by atoms with Crippen LogP contribution in [-0.4, -0.2) is 59.5 Å². The molecule has 0 N–H and O–H groups in total. The number of carbonyl (C=O) groups excluding carboxylic acids is 1. The van der Waals surface area contributed by atoms with Gasteiger partial charge in [0.25, 0.3) is 5.91 Å². The normalized spacial score (nSPS) is 16.3. The minimum atomic E-state index is -4.77. The van der Waals surface area contributed by atoms with Crippen LogP contribution in [0.2, 0.25) is 5.02 Å². The van der Waals surface area contributed by atoms with Crippen molar-refractivity contribution in [3.8, 4) is 0 Å². The Hall–Kier alpha value is -2.11. The Morgan fingerprint density at radius 3 is 2.31 bits per heavy atom. The molecule has 0 atom stereocenters. The van der Waals surface area contributed by atoms with Crippen LogP contribution in [0, 0.1) is 6.92 Å².